The maximum Gasteiger partial charge on any atom is 0.229 e. The molecule has 28 heavy (non-hydrogen) atoms. The lowest BCUT2D eigenvalue weighted by Gasteiger charge is -2.40. The molecule has 2 N–H and O–H groups in total. The highest BCUT2D eigenvalue weighted by molar-refractivity contribution is 5.80. The minimum atomic E-state index is -0.648. The molecule has 3 heterocycles. The summed E-state index contributed by atoms with van der Waals surface area (Å²) in [6, 6.07) is 3.05. The Balaban J connectivity index is 1.47. The first-order valence-electron chi connectivity index (χ1n) is 9.99. The molecule has 3 unspecified atom stereocenters. The second-order valence-corrected chi connectivity index (χ2v) is 8.20. The van der Waals surface area contributed by atoms with E-state index in [0.29, 0.717) is 13.0 Å². The number of hydrogen-bond acceptors (Lipinski definition) is 4. The Morgan fingerprint density at radius 2 is 1.96 bits per heavy atom. The summed E-state index contributed by atoms with van der Waals surface area (Å²) in [5, 5.41) is 0. The van der Waals surface area contributed by atoms with Crippen LogP contribution in [-0.2, 0) is 9.53 Å². The molecule has 1 aromatic carbocycles. The van der Waals surface area contributed by atoms with Crippen molar-refractivity contribution in [3.05, 3.63) is 46.8 Å². The lowest BCUT2D eigenvalue weighted by atomic mass is 9.93. The van der Waals surface area contributed by atoms with Gasteiger partial charge in [0.25, 0.3) is 0 Å². The molecular weight excluding hydrogens is 364 g/mol. The van der Waals surface area contributed by atoms with Gasteiger partial charge in [-0.3, -0.25) is 4.79 Å². The van der Waals surface area contributed by atoms with Crippen molar-refractivity contribution in [1.29, 1.82) is 0 Å². The predicted octanol–water partition coefficient (Wildman–Crippen LogP) is 2.93. The van der Waals surface area contributed by atoms with Crippen LogP contribution >= 0.6 is 0 Å². The Hall–Kier alpha value is -1.99. The van der Waals surface area contributed by atoms with Crippen molar-refractivity contribution in [3.63, 3.8) is 0 Å². The number of nitrogens with two attached hydrogens (primary N) is 1. The van der Waals surface area contributed by atoms with E-state index >= 15 is 0 Å². The van der Waals surface area contributed by atoms with Crippen LogP contribution in [0.2, 0.25) is 0 Å². The highest BCUT2D eigenvalue weighted by atomic mass is 19.1. The van der Waals surface area contributed by atoms with Crippen LogP contribution in [0, 0.1) is 17.6 Å². The molecule has 4 rings (SSSR count). The number of carbonyl (C=O) groups excluding carboxylic acids is 1. The number of rotatable bonds is 3. The fraction of sp³-hybridized carbons (Fsp3) is 0.571. The third-order valence-corrected chi connectivity index (χ3v) is 6.03. The Bertz CT molecular complexity index is 811. The normalized spacial score (nSPS) is 27.7. The SMILES string of the molecule is CC(C)C(=O)N1CCC2=C1CCN2C1COC(c2cc(F)ccc2F)C(N)C1. The number of halogens is 2. The zero-order valence-electron chi connectivity index (χ0n) is 16.3. The summed E-state index contributed by atoms with van der Waals surface area (Å²) in [4.78, 5) is 16.7. The van der Waals surface area contributed by atoms with Gasteiger partial charge in [0, 0.05) is 54.8 Å². The van der Waals surface area contributed by atoms with E-state index in [0.717, 1.165) is 43.8 Å². The minimum absolute atomic E-state index is 0.0192. The van der Waals surface area contributed by atoms with E-state index in [1.807, 2.05) is 18.7 Å². The molecule has 1 aromatic rings. The molecule has 1 saturated heterocycles. The van der Waals surface area contributed by atoms with E-state index in [1.165, 1.54) is 11.8 Å². The van der Waals surface area contributed by atoms with Crippen molar-refractivity contribution in [2.45, 2.75) is 51.3 Å². The van der Waals surface area contributed by atoms with Crippen LogP contribution in [0.5, 0.6) is 0 Å². The van der Waals surface area contributed by atoms with Gasteiger partial charge in [0.05, 0.1) is 12.6 Å². The Morgan fingerprint density at radius 3 is 2.68 bits per heavy atom. The molecule has 1 amide bonds. The van der Waals surface area contributed by atoms with Crippen LogP contribution in [-0.4, -0.2) is 47.5 Å². The smallest absolute Gasteiger partial charge is 0.229 e. The molecule has 0 aliphatic carbocycles. The lowest BCUT2D eigenvalue weighted by Crippen LogP contribution is -2.48. The first-order chi connectivity index (χ1) is 13.4. The molecule has 3 atom stereocenters. The second kappa shape index (κ2) is 7.44. The average molecular weight is 391 g/mol. The van der Waals surface area contributed by atoms with Crippen molar-refractivity contribution >= 4 is 5.91 Å². The van der Waals surface area contributed by atoms with E-state index in [-0.39, 0.29) is 23.4 Å². The molecule has 7 heteroatoms. The second-order valence-electron chi connectivity index (χ2n) is 8.20. The van der Waals surface area contributed by atoms with E-state index in [9.17, 15) is 13.6 Å². The number of amides is 1. The minimum Gasteiger partial charge on any atom is -0.370 e. The number of nitrogens with zero attached hydrogens (tertiary/aromatic N) is 2. The van der Waals surface area contributed by atoms with Crippen LogP contribution in [0.15, 0.2) is 29.6 Å². The standard InChI is InChI=1S/C21H27F2N3O2/c1-12(2)21(27)26-8-6-18-19(26)5-7-25(18)14-10-17(24)20(28-11-14)15-9-13(22)3-4-16(15)23/h3-4,9,12,14,17,20H,5-8,10-11,24H2,1-2H3. The first-order valence-corrected chi connectivity index (χ1v) is 9.99. The molecule has 1 fully saturated rings. The van der Waals surface area contributed by atoms with Crippen molar-refractivity contribution < 1.29 is 18.3 Å². The number of benzene rings is 1. The van der Waals surface area contributed by atoms with Gasteiger partial charge in [-0.1, -0.05) is 13.8 Å². The summed E-state index contributed by atoms with van der Waals surface area (Å²) in [7, 11) is 0. The topological polar surface area (TPSA) is 58.8 Å². The summed E-state index contributed by atoms with van der Waals surface area (Å²) < 4.78 is 33.6. The first kappa shape index (κ1) is 19.3. The highest BCUT2D eigenvalue weighted by Gasteiger charge is 2.41. The van der Waals surface area contributed by atoms with Crippen LogP contribution < -0.4 is 5.73 Å². The largest absolute Gasteiger partial charge is 0.370 e. The van der Waals surface area contributed by atoms with E-state index in [4.69, 9.17) is 10.5 Å². The highest BCUT2D eigenvalue weighted by Crippen LogP contribution is 2.39. The number of hydrogen-bond donors (Lipinski definition) is 1. The fourth-order valence-corrected chi connectivity index (χ4v) is 4.67. The van der Waals surface area contributed by atoms with Gasteiger partial charge in [0.15, 0.2) is 0 Å². The summed E-state index contributed by atoms with van der Waals surface area (Å²) in [6.45, 7) is 5.82. The molecule has 152 valence electrons. The molecule has 0 bridgehead atoms. The molecule has 0 aromatic heterocycles. The van der Waals surface area contributed by atoms with Gasteiger partial charge in [-0.25, -0.2) is 8.78 Å². The summed E-state index contributed by atoms with van der Waals surface area (Å²) in [5.74, 6) is -0.839. The molecule has 3 aliphatic rings. The molecule has 0 radical (unpaired) electrons. The van der Waals surface area contributed by atoms with Gasteiger partial charge in [-0.15, -0.1) is 0 Å². The van der Waals surface area contributed by atoms with Crippen molar-refractivity contribution in [2.75, 3.05) is 19.7 Å². The van der Waals surface area contributed by atoms with Crippen LogP contribution in [0.1, 0.15) is 44.8 Å². The maximum atomic E-state index is 14.1. The van der Waals surface area contributed by atoms with Gasteiger partial charge in [-0.2, -0.15) is 0 Å². The Morgan fingerprint density at radius 1 is 1.21 bits per heavy atom. The predicted molar refractivity (Wildman–Crippen MR) is 101 cm³/mol. The zero-order chi connectivity index (χ0) is 20.0. The average Bonchev–Trinajstić information content (AvgIpc) is 3.25. The fourth-order valence-electron chi connectivity index (χ4n) is 4.67. The lowest BCUT2D eigenvalue weighted by molar-refractivity contribution is -0.132. The maximum absolute atomic E-state index is 14.1. The van der Waals surface area contributed by atoms with Crippen LogP contribution in [0.25, 0.3) is 0 Å². The number of ether oxygens (including phenoxy) is 1. The van der Waals surface area contributed by atoms with Crippen molar-refractivity contribution in [2.24, 2.45) is 11.7 Å². The third kappa shape index (κ3) is 3.31. The zero-order valence-corrected chi connectivity index (χ0v) is 16.3. The number of carbonyl (C=O) groups is 1. The van der Waals surface area contributed by atoms with Crippen LogP contribution in [0.4, 0.5) is 8.78 Å². The van der Waals surface area contributed by atoms with Gasteiger partial charge in [-0.05, 0) is 24.6 Å². The molecule has 0 saturated carbocycles. The van der Waals surface area contributed by atoms with Gasteiger partial charge >= 0.3 is 0 Å². The van der Waals surface area contributed by atoms with Gasteiger partial charge in [0.2, 0.25) is 5.91 Å². The molecular formula is C21H27F2N3O2. The van der Waals surface area contributed by atoms with E-state index in [1.54, 1.807) is 0 Å². The summed E-state index contributed by atoms with van der Waals surface area (Å²) >= 11 is 0. The quantitative estimate of drug-likeness (QED) is 0.861. The Labute approximate surface area is 164 Å². The van der Waals surface area contributed by atoms with E-state index in [2.05, 4.69) is 4.90 Å². The molecule has 0 spiro atoms. The molecule has 3 aliphatic heterocycles. The van der Waals surface area contributed by atoms with E-state index < -0.39 is 23.8 Å². The van der Waals surface area contributed by atoms with Crippen molar-refractivity contribution in [3.8, 4) is 0 Å². The van der Waals surface area contributed by atoms with Gasteiger partial charge in [0.1, 0.15) is 17.7 Å². The monoisotopic (exact) mass is 391 g/mol. The summed E-state index contributed by atoms with van der Waals surface area (Å²) in [6.07, 6.45) is 1.68. The van der Waals surface area contributed by atoms with Crippen LogP contribution in [0.3, 0.4) is 0 Å². The summed E-state index contributed by atoms with van der Waals surface area (Å²) in [5.41, 5.74) is 8.84. The Kier molecular flexibility index (Phi) is 5.14. The van der Waals surface area contributed by atoms with Crippen molar-refractivity contribution in [1.82, 2.24) is 9.80 Å². The molecule has 5 nitrogen and oxygen atoms in total. The van der Waals surface area contributed by atoms with Gasteiger partial charge < -0.3 is 20.3 Å². The third-order valence-electron chi connectivity index (χ3n) is 6.03.